The normalized spacial score (nSPS) is 16.0. The summed E-state index contributed by atoms with van der Waals surface area (Å²) in [5, 5.41) is 7.20. The monoisotopic (exact) mass is 468 g/mol. The van der Waals surface area contributed by atoms with Gasteiger partial charge < -0.3 is 9.64 Å². The summed E-state index contributed by atoms with van der Waals surface area (Å²) in [7, 11) is 0. The number of piperidine rings is 1. The smallest absolute Gasteiger partial charge is 0.245 e. The van der Waals surface area contributed by atoms with Gasteiger partial charge in [-0.2, -0.15) is 5.10 Å². The zero-order chi connectivity index (χ0) is 24.8. The zero-order valence-corrected chi connectivity index (χ0v) is 20.6. The van der Waals surface area contributed by atoms with Gasteiger partial charge in [0.25, 0.3) is 0 Å². The molecule has 0 N–H and O–H groups in total. The second kappa shape index (κ2) is 11.0. The summed E-state index contributed by atoms with van der Waals surface area (Å²) < 4.78 is 8.10. The van der Waals surface area contributed by atoms with E-state index in [9.17, 15) is 4.79 Å². The highest BCUT2D eigenvalue weighted by Crippen LogP contribution is 2.25. The molecule has 35 heavy (non-hydrogen) atoms. The molecule has 0 unspecified atom stereocenters. The van der Waals surface area contributed by atoms with Crippen LogP contribution in [0.3, 0.4) is 0 Å². The first kappa shape index (κ1) is 24.2. The molecule has 1 aromatic heterocycles. The number of carbonyl (C=O) groups excluding carboxylic acids is 1. The Kier molecular flexibility index (Phi) is 7.60. The Morgan fingerprint density at radius 2 is 1.71 bits per heavy atom. The molecule has 1 amide bonds. The fourth-order valence-corrected chi connectivity index (χ4v) is 4.58. The maximum Gasteiger partial charge on any atom is 0.245 e. The van der Waals surface area contributed by atoms with Crippen molar-refractivity contribution in [1.82, 2.24) is 14.7 Å². The average molecular weight is 469 g/mol. The van der Waals surface area contributed by atoms with Gasteiger partial charge in [0.2, 0.25) is 5.91 Å². The minimum Gasteiger partial charge on any atom is -0.457 e. The number of nitrogens with zero attached hydrogens (tertiary/aromatic N) is 4. The van der Waals surface area contributed by atoms with E-state index in [1.807, 2.05) is 86.5 Å². The molecule has 1 aliphatic heterocycles. The van der Waals surface area contributed by atoms with Crippen molar-refractivity contribution >= 4 is 23.9 Å². The van der Waals surface area contributed by atoms with Crippen molar-refractivity contribution in [2.75, 3.05) is 13.1 Å². The highest BCUT2D eigenvalue weighted by atomic mass is 16.5. The lowest BCUT2D eigenvalue weighted by Crippen LogP contribution is -2.41. The Hall–Kier alpha value is -3.93. The zero-order valence-electron chi connectivity index (χ0n) is 20.6. The predicted octanol–water partition coefficient (Wildman–Crippen LogP) is 4.71. The first-order chi connectivity index (χ1) is 17.0. The lowest BCUT2D eigenvalue weighted by atomic mass is 10.0. The quantitative estimate of drug-likeness (QED) is 0.389. The van der Waals surface area contributed by atoms with E-state index in [0.717, 1.165) is 51.9 Å². The first-order valence-electron chi connectivity index (χ1n) is 12.0. The Bertz CT molecular complexity index is 1330. The van der Waals surface area contributed by atoms with Crippen LogP contribution in [0.5, 0.6) is 11.5 Å². The largest absolute Gasteiger partial charge is 0.457 e. The standard InChI is InChI=1S/C29H32N4O2/c1-5-26-28(21(4)30-7-3)29(31-33(26)23-17-19-32(20-18-23)27(34)6-2)22-13-15-25(16-14-22)35-24-11-9-8-10-12-24/h5-16,23H,2,17-20H2,1,3-4H3/b26-5-,28-21+,30-7?. The van der Waals surface area contributed by atoms with Crippen LogP contribution in [0.25, 0.3) is 23.0 Å². The second-order valence-electron chi connectivity index (χ2n) is 8.51. The molecule has 3 aromatic rings. The molecule has 2 aromatic carbocycles. The van der Waals surface area contributed by atoms with Crippen molar-refractivity contribution in [3.05, 3.63) is 77.8 Å². The molecule has 0 bridgehead atoms. The molecular formula is C29H32N4O2. The average Bonchev–Trinajstić information content (AvgIpc) is 3.29. The van der Waals surface area contributed by atoms with Crippen LogP contribution in [-0.2, 0) is 4.79 Å². The number of para-hydroxylation sites is 1. The SMILES string of the molecule is C=CC(=O)N1CCC(n2nc(-c3ccc(Oc4ccccc4)cc3)c(=C(\C)N=CC)/c2=C/C)CC1. The van der Waals surface area contributed by atoms with Crippen molar-refractivity contribution in [1.29, 1.82) is 0 Å². The molecule has 180 valence electrons. The van der Waals surface area contributed by atoms with Crippen LogP contribution in [0.2, 0.25) is 0 Å². The maximum absolute atomic E-state index is 12.0. The number of amides is 1. The van der Waals surface area contributed by atoms with Crippen LogP contribution in [0.1, 0.15) is 39.7 Å². The van der Waals surface area contributed by atoms with Gasteiger partial charge in [0.15, 0.2) is 0 Å². The number of carbonyl (C=O) groups is 1. The highest BCUT2D eigenvalue weighted by Gasteiger charge is 2.25. The highest BCUT2D eigenvalue weighted by molar-refractivity contribution is 5.87. The third kappa shape index (κ3) is 5.27. The van der Waals surface area contributed by atoms with Crippen molar-refractivity contribution in [2.45, 2.75) is 39.7 Å². The van der Waals surface area contributed by atoms with Gasteiger partial charge in [-0.1, -0.05) is 30.9 Å². The van der Waals surface area contributed by atoms with Crippen LogP contribution in [0, 0.1) is 0 Å². The summed E-state index contributed by atoms with van der Waals surface area (Å²) in [6.07, 6.45) is 7.00. The van der Waals surface area contributed by atoms with Gasteiger partial charge >= 0.3 is 0 Å². The minimum atomic E-state index is -0.00755. The lowest BCUT2D eigenvalue weighted by Gasteiger charge is -2.31. The third-order valence-corrected chi connectivity index (χ3v) is 6.31. The van der Waals surface area contributed by atoms with E-state index in [0.29, 0.717) is 13.1 Å². The number of hydrogen-bond donors (Lipinski definition) is 0. The van der Waals surface area contributed by atoms with Gasteiger partial charge in [0, 0.05) is 35.8 Å². The number of benzene rings is 2. The molecule has 0 radical (unpaired) electrons. The fraction of sp³-hybridized carbons (Fsp3) is 0.276. The molecule has 1 aliphatic rings. The first-order valence-corrected chi connectivity index (χ1v) is 12.0. The fourth-order valence-electron chi connectivity index (χ4n) is 4.58. The van der Waals surface area contributed by atoms with E-state index in [1.165, 1.54) is 6.08 Å². The predicted molar refractivity (Wildman–Crippen MR) is 142 cm³/mol. The van der Waals surface area contributed by atoms with Gasteiger partial charge in [-0.15, -0.1) is 0 Å². The molecule has 4 rings (SSSR count). The summed E-state index contributed by atoms with van der Waals surface area (Å²) in [5.41, 5.74) is 2.83. The number of aromatic nitrogens is 2. The van der Waals surface area contributed by atoms with Crippen molar-refractivity contribution in [2.24, 2.45) is 4.99 Å². The van der Waals surface area contributed by atoms with Gasteiger partial charge in [-0.25, -0.2) is 0 Å². The van der Waals surface area contributed by atoms with Crippen molar-refractivity contribution in [3.8, 4) is 22.8 Å². The summed E-state index contributed by atoms with van der Waals surface area (Å²) >= 11 is 0. The molecule has 2 heterocycles. The van der Waals surface area contributed by atoms with Gasteiger partial charge in [0.05, 0.1) is 11.4 Å². The Balaban J connectivity index is 1.72. The molecule has 0 aliphatic carbocycles. The van der Waals surface area contributed by atoms with E-state index >= 15 is 0 Å². The van der Waals surface area contributed by atoms with Crippen LogP contribution >= 0.6 is 0 Å². The number of ether oxygens (including phenoxy) is 1. The Morgan fingerprint density at radius 1 is 1.06 bits per heavy atom. The van der Waals surface area contributed by atoms with Crippen LogP contribution < -0.4 is 15.3 Å². The van der Waals surface area contributed by atoms with E-state index in [1.54, 1.807) is 0 Å². The molecule has 0 atom stereocenters. The third-order valence-electron chi connectivity index (χ3n) is 6.31. The van der Waals surface area contributed by atoms with Crippen molar-refractivity contribution in [3.63, 3.8) is 0 Å². The van der Waals surface area contributed by atoms with Crippen LogP contribution in [0.15, 0.2) is 72.2 Å². The molecule has 6 nitrogen and oxygen atoms in total. The van der Waals surface area contributed by atoms with E-state index < -0.39 is 0 Å². The number of likely N-dealkylation sites (tertiary alicyclic amines) is 1. The topological polar surface area (TPSA) is 59.7 Å². The van der Waals surface area contributed by atoms with Gasteiger partial charge in [0.1, 0.15) is 17.2 Å². The molecule has 0 saturated carbocycles. The van der Waals surface area contributed by atoms with Gasteiger partial charge in [-0.05, 0) is 76.1 Å². The Morgan fingerprint density at radius 3 is 2.31 bits per heavy atom. The number of rotatable bonds is 6. The Labute approximate surface area is 206 Å². The summed E-state index contributed by atoms with van der Waals surface area (Å²) in [4.78, 5) is 18.5. The van der Waals surface area contributed by atoms with Crippen LogP contribution in [-0.4, -0.2) is 39.9 Å². The van der Waals surface area contributed by atoms with Crippen molar-refractivity contribution < 1.29 is 9.53 Å². The molecule has 6 heteroatoms. The van der Waals surface area contributed by atoms with Gasteiger partial charge in [-0.3, -0.25) is 14.5 Å². The number of hydrogen-bond acceptors (Lipinski definition) is 4. The summed E-state index contributed by atoms with van der Waals surface area (Å²) in [6, 6.07) is 18.0. The summed E-state index contributed by atoms with van der Waals surface area (Å²) in [5.74, 6) is 1.57. The molecule has 1 fully saturated rings. The van der Waals surface area contributed by atoms with E-state index in [2.05, 4.69) is 22.3 Å². The number of aliphatic imine (C=N–C) groups is 1. The molecular weight excluding hydrogens is 436 g/mol. The molecule has 0 spiro atoms. The maximum atomic E-state index is 12.0. The van der Waals surface area contributed by atoms with Crippen LogP contribution in [0.4, 0.5) is 0 Å². The minimum absolute atomic E-state index is 0.00755. The second-order valence-corrected chi connectivity index (χ2v) is 8.51. The lowest BCUT2D eigenvalue weighted by molar-refractivity contribution is -0.127. The molecule has 1 saturated heterocycles. The summed E-state index contributed by atoms with van der Waals surface area (Å²) in [6.45, 7) is 11.0. The van der Waals surface area contributed by atoms with E-state index in [-0.39, 0.29) is 11.9 Å². The van der Waals surface area contributed by atoms with E-state index in [4.69, 9.17) is 9.84 Å².